The van der Waals surface area contributed by atoms with Crippen LogP contribution in [-0.4, -0.2) is 20.3 Å². The van der Waals surface area contributed by atoms with Crippen LogP contribution in [0.2, 0.25) is 0 Å². The van der Waals surface area contributed by atoms with E-state index in [0.717, 1.165) is 24.3 Å². The minimum atomic E-state index is 0.133. The zero-order valence-corrected chi connectivity index (χ0v) is 17.5. The Morgan fingerprint density at radius 1 is 0.857 bits per heavy atom. The van der Waals surface area contributed by atoms with Gasteiger partial charge in [0.25, 0.3) is 0 Å². The summed E-state index contributed by atoms with van der Waals surface area (Å²) in [5.41, 5.74) is 3.02. The molecule has 0 amide bonds. The van der Waals surface area contributed by atoms with E-state index >= 15 is 0 Å². The van der Waals surface area contributed by atoms with Gasteiger partial charge in [-0.15, -0.1) is 0 Å². The molecule has 2 aromatic rings. The Bertz CT molecular complexity index is 778. The summed E-state index contributed by atoms with van der Waals surface area (Å²) in [6.45, 7) is 4.76. The summed E-state index contributed by atoms with van der Waals surface area (Å²) >= 11 is 0. The van der Waals surface area contributed by atoms with Gasteiger partial charge in [-0.05, 0) is 78.3 Å². The molecular weight excluding hydrogens is 348 g/mol. The molecule has 4 atom stereocenters. The number of fused-ring (bicyclic) bond motifs is 1. The number of benzene rings is 2. The summed E-state index contributed by atoms with van der Waals surface area (Å²) in [5, 5.41) is 0. The van der Waals surface area contributed by atoms with Crippen molar-refractivity contribution in [1.29, 1.82) is 0 Å². The van der Waals surface area contributed by atoms with Gasteiger partial charge in [-0.25, -0.2) is 0 Å². The second-order valence-electron chi connectivity index (χ2n) is 9.12. The number of ether oxygens (including phenoxy) is 3. The summed E-state index contributed by atoms with van der Waals surface area (Å²) in [6.07, 6.45) is 5.13. The smallest absolute Gasteiger partial charge is 0.118 e. The molecule has 1 saturated heterocycles. The Morgan fingerprint density at radius 2 is 1.43 bits per heavy atom. The van der Waals surface area contributed by atoms with Gasteiger partial charge in [0.2, 0.25) is 0 Å². The highest BCUT2D eigenvalue weighted by Gasteiger charge is 2.45. The summed E-state index contributed by atoms with van der Waals surface area (Å²) in [5.74, 6) is 2.93. The van der Waals surface area contributed by atoms with Gasteiger partial charge in [-0.1, -0.05) is 38.1 Å². The third kappa shape index (κ3) is 3.91. The van der Waals surface area contributed by atoms with E-state index < -0.39 is 0 Å². The van der Waals surface area contributed by atoms with Crippen molar-refractivity contribution < 1.29 is 14.2 Å². The van der Waals surface area contributed by atoms with Gasteiger partial charge < -0.3 is 14.2 Å². The zero-order valence-electron chi connectivity index (χ0n) is 17.5. The average Bonchev–Trinajstić information content (AvgIpc) is 2.72. The maximum atomic E-state index is 6.72. The van der Waals surface area contributed by atoms with Gasteiger partial charge in [0.15, 0.2) is 0 Å². The third-order valence-corrected chi connectivity index (χ3v) is 6.74. The average molecular weight is 381 g/mol. The van der Waals surface area contributed by atoms with Crippen LogP contribution in [-0.2, 0) is 4.74 Å². The maximum absolute atomic E-state index is 6.72. The minimum absolute atomic E-state index is 0.133. The molecule has 1 saturated carbocycles. The normalized spacial score (nSPS) is 29.0. The standard InChI is InChI=1S/C25H32O3/c1-25(2)14-13-21-22(17-5-9-19(26-3)10-6-17)15-23(28-24(21)16-25)18-7-11-20(27-4)12-8-18/h5-12,21-24H,13-16H2,1-4H3. The molecule has 0 bridgehead atoms. The van der Waals surface area contributed by atoms with Crippen molar-refractivity contribution in [1.82, 2.24) is 0 Å². The number of hydrogen-bond acceptors (Lipinski definition) is 3. The van der Waals surface area contributed by atoms with E-state index in [-0.39, 0.29) is 6.10 Å². The van der Waals surface area contributed by atoms with Crippen LogP contribution in [0.4, 0.5) is 0 Å². The molecule has 0 N–H and O–H groups in total. The Morgan fingerprint density at radius 3 is 2.00 bits per heavy atom. The molecule has 2 aromatic carbocycles. The maximum Gasteiger partial charge on any atom is 0.118 e. The lowest BCUT2D eigenvalue weighted by atomic mass is 9.64. The number of hydrogen-bond donors (Lipinski definition) is 0. The van der Waals surface area contributed by atoms with Crippen molar-refractivity contribution in [3.8, 4) is 11.5 Å². The van der Waals surface area contributed by atoms with Gasteiger partial charge in [-0.3, -0.25) is 0 Å². The van der Waals surface area contributed by atoms with Gasteiger partial charge >= 0.3 is 0 Å². The van der Waals surface area contributed by atoms with Crippen molar-refractivity contribution in [3.05, 3.63) is 59.7 Å². The summed E-state index contributed by atoms with van der Waals surface area (Å²) in [4.78, 5) is 0. The zero-order chi connectivity index (χ0) is 19.7. The predicted octanol–water partition coefficient (Wildman–Crippen LogP) is 6.14. The largest absolute Gasteiger partial charge is 0.497 e. The molecule has 0 aromatic heterocycles. The first-order valence-corrected chi connectivity index (χ1v) is 10.4. The van der Waals surface area contributed by atoms with E-state index in [0.29, 0.717) is 23.4 Å². The molecular formula is C25H32O3. The van der Waals surface area contributed by atoms with E-state index in [4.69, 9.17) is 14.2 Å². The van der Waals surface area contributed by atoms with E-state index in [1.54, 1.807) is 14.2 Å². The molecule has 0 radical (unpaired) electrons. The Labute approximate surface area is 169 Å². The molecule has 1 aliphatic heterocycles. The monoisotopic (exact) mass is 380 g/mol. The van der Waals surface area contributed by atoms with Crippen LogP contribution in [0.15, 0.2) is 48.5 Å². The second-order valence-corrected chi connectivity index (χ2v) is 9.12. The fourth-order valence-electron chi connectivity index (χ4n) is 5.09. The molecule has 1 aliphatic carbocycles. The molecule has 28 heavy (non-hydrogen) atoms. The molecule has 3 heteroatoms. The fraction of sp³-hybridized carbons (Fsp3) is 0.520. The highest BCUT2D eigenvalue weighted by Crippen LogP contribution is 2.52. The second kappa shape index (κ2) is 7.79. The van der Waals surface area contributed by atoms with Crippen LogP contribution >= 0.6 is 0 Å². The van der Waals surface area contributed by atoms with Gasteiger partial charge in [0, 0.05) is 0 Å². The van der Waals surface area contributed by atoms with E-state index in [1.165, 1.54) is 24.0 Å². The van der Waals surface area contributed by atoms with Crippen LogP contribution in [0.5, 0.6) is 11.5 Å². The molecule has 3 nitrogen and oxygen atoms in total. The Kier molecular flexibility index (Phi) is 5.37. The predicted molar refractivity (Wildman–Crippen MR) is 112 cm³/mol. The molecule has 150 valence electrons. The Hall–Kier alpha value is -2.00. The van der Waals surface area contributed by atoms with Crippen molar-refractivity contribution in [2.45, 2.75) is 57.7 Å². The van der Waals surface area contributed by atoms with Crippen LogP contribution in [0.1, 0.15) is 62.7 Å². The quantitative estimate of drug-likeness (QED) is 0.637. The van der Waals surface area contributed by atoms with Crippen molar-refractivity contribution in [3.63, 3.8) is 0 Å². The van der Waals surface area contributed by atoms with Crippen LogP contribution in [0.25, 0.3) is 0 Å². The first-order chi connectivity index (χ1) is 13.5. The van der Waals surface area contributed by atoms with Crippen molar-refractivity contribution in [2.24, 2.45) is 11.3 Å². The topological polar surface area (TPSA) is 27.7 Å². The van der Waals surface area contributed by atoms with Crippen molar-refractivity contribution in [2.75, 3.05) is 14.2 Å². The van der Waals surface area contributed by atoms with E-state index in [1.807, 2.05) is 12.1 Å². The van der Waals surface area contributed by atoms with Crippen molar-refractivity contribution >= 4 is 0 Å². The molecule has 2 aliphatic rings. The summed E-state index contributed by atoms with van der Waals surface area (Å²) in [6, 6.07) is 17.1. The molecule has 0 spiro atoms. The van der Waals surface area contributed by atoms with Crippen LogP contribution in [0.3, 0.4) is 0 Å². The first kappa shape index (κ1) is 19.3. The summed E-state index contributed by atoms with van der Waals surface area (Å²) in [7, 11) is 3.43. The van der Waals surface area contributed by atoms with Crippen LogP contribution < -0.4 is 9.47 Å². The van der Waals surface area contributed by atoms with Gasteiger partial charge in [-0.2, -0.15) is 0 Å². The first-order valence-electron chi connectivity index (χ1n) is 10.4. The number of methoxy groups -OCH3 is 2. The molecule has 1 heterocycles. The highest BCUT2D eigenvalue weighted by molar-refractivity contribution is 5.33. The minimum Gasteiger partial charge on any atom is -0.497 e. The summed E-state index contributed by atoms with van der Waals surface area (Å²) < 4.78 is 17.4. The van der Waals surface area contributed by atoms with Crippen LogP contribution in [0, 0.1) is 11.3 Å². The lowest BCUT2D eigenvalue weighted by Gasteiger charge is -2.49. The van der Waals surface area contributed by atoms with Gasteiger partial charge in [0.1, 0.15) is 11.5 Å². The SMILES string of the molecule is COc1ccc(C2CC(c3ccc(OC)cc3)C3CCC(C)(C)CC3O2)cc1. The van der Waals surface area contributed by atoms with E-state index in [9.17, 15) is 0 Å². The molecule has 4 unspecified atom stereocenters. The lowest BCUT2D eigenvalue weighted by Crippen LogP contribution is -2.43. The highest BCUT2D eigenvalue weighted by atomic mass is 16.5. The lowest BCUT2D eigenvalue weighted by molar-refractivity contribution is -0.131. The molecule has 2 fully saturated rings. The van der Waals surface area contributed by atoms with E-state index in [2.05, 4.69) is 50.2 Å². The Balaban J connectivity index is 1.64. The number of rotatable bonds is 4. The molecule has 4 rings (SSSR count). The third-order valence-electron chi connectivity index (χ3n) is 6.74. The van der Waals surface area contributed by atoms with Gasteiger partial charge in [0.05, 0.1) is 26.4 Å². The fourth-order valence-corrected chi connectivity index (χ4v) is 5.09.